The number of nitrogens with zero attached hydrogens (tertiary/aromatic N) is 3. The lowest BCUT2D eigenvalue weighted by atomic mass is 9.92. The van der Waals surface area contributed by atoms with Crippen molar-refractivity contribution in [2.75, 3.05) is 0 Å². The summed E-state index contributed by atoms with van der Waals surface area (Å²) in [6, 6.07) is 4.30. The minimum atomic E-state index is -4.55. The molecule has 3 rings (SSSR count). The van der Waals surface area contributed by atoms with E-state index in [2.05, 4.69) is 22.1 Å². The highest BCUT2D eigenvalue weighted by Crippen LogP contribution is 2.28. The van der Waals surface area contributed by atoms with E-state index in [1.54, 1.807) is 0 Å². The van der Waals surface area contributed by atoms with Crippen LogP contribution < -0.4 is 0 Å². The first-order chi connectivity index (χ1) is 14.4. The number of pyridine rings is 1. The van der Waals surface area contributed by atoms with Crippen LogP contribution in [0.1, 0.15) is 86.1 Å². The number of hydrogen-bond donors (Lipinski definition) is 0. The van der Waals surface area contributed by atoms with Gasteiger partial charge in [-0.25, -0.2) is 9.97 Å². The van der Waals surface area contributed by atoms with Gasteiger partial charge in [0.1, 0.15) is 5.78 Å². The Morgan fingerprint density at radius 3 is 2.53 bits per heavy atom. The standard InChI is InChI=1S/C23H28F3N3O/c1-2-16(18-14-27-22(28-15-18)23(24,25)26)13-20(30)9-5-4-8-19-12-11-17-7-3-6-10-21(17)29-19/h11-12,14-16H,2-10,13H2,1H3. The van der Waals surface area contributed by atoms with E-state index in [0.717, 1.165) is 37.8 Å². The van der Waals surface area contributed by atoms with Crippen LogP contribution in [0, 0.1) is 0 Å². The molecule has 0 aliphatic heterocycles. The Bertz CT molecular complexity index is 850. The van der Waals surface area contributed by atoms with Gasteiger partial charge in [-0.05, 0) is 74.5 Å². The number of aromatic nitrogens is 3. The number of carbonyl (C=O) groups excluding carboxylic acids is 1. The van der Waals surface area contributed by atoms with E-state index in [4.69, 9.17) is 4.98 Å². The lowest BCUT2D eigenvalue weighted by molar-refractivity contribution is -0.145. The third-order valence-corrected chi connectivity index (χ3v) is 5.74. The van der Waals surface area contributed by atoms with E-state index in [1.165, 1.54) is 36.5 Å². The summed E-state index contributed by atoms with van der Waals surface area (Å²) in [5.41, 5.74) is 4.28. The van der Waals surface area contributed by atoms with Crippen molar-refractivity contribution < 1.29 is 18.0 Å². The van der Waals surface area contributed by atoms with Crippen LogP contribution in [0.25, 0.3) is 0 Å². The van der Waals surface area contributed by atoms with Crippen LogP contribution in [0.15, 0.2) is 24.5 Å². The molecule has 0 saturated heterocycles. The highest BCUT2D eigenvalue weighted by Gasteiger charge is 2.34. The number of hydrogen-bond acceptors (Lipinski definition) is 4. The molecule has 0 spiro atoms. The Morgan fingerprint density at radius 1 is 1.10 bits per heavy atom. The molecule has 0 aromatic carbocycles. The second-order valence-corrected chi connectivity index (χ2v) is 8.01. The number of fused-ring (bicyclic) bond motifs is 1. The van der Waals surface area contributed by atoms with Crippen LogP contribution >= 0.6 is 0 Å². The number of alkyl halides is 3. The fourth-order valence-electron chi connectivity index (χ4n) is 3.96. The van der Waals surface area contributed by atoms with E-state index < -0.39 is 12.0 Å². The first kappa shape index (κ1) is 22.4. The molecule has 1 aliphatic carbocycles. The molecule has 30 heavy (non-hydrogen) atoms. The van der Waals surface area contributed by atoms with Gasteiger partial charge in [0.05, 0.1) is 0 Å². The van der Waals surface area contributed by atoms with Crippen LogP contribution in [-0.4, -0.2) is 20.7 Å². The summed E-state index contributed by atoms with van der Waals surface area (Å²) in [4.78, 5) is 24.0. The molecular weight excluding hydrogens is 391 g/mol. The van der Waals surface area contributed by atoms with E-state index in [1.807, 2.05) is 6.92 Å². The van der Waals surface area contributed by atoms with Gasteiger partial charge in [-0.3, -0.25) is 9.78 Å². The summed E-state index contributed by atoms with van der Waals surface area (Å²) in [6.07, 6.45) is 6.47. The fraction of sp³-hybridized carbons (Fsp3) is 0.565. The van der Waals surface area contributed by atoms with E-state index in [0.29, 0.717) is 24.8 Å². The minimum Gasteiger partial charge on any atom is -0.300 e. The quantitative estimate of drug-likeness (QED) is 0.494. The summed E-state index contributed by atoms with van der Waals surface area (Å²) in [7, 11) is 0. The molecule has 2 heterocycles. The van der Waals surface area contributed by atoms with Gasteiger partial charge in [0.25, 0.3) is 0 Å². The number of carbonyl (C=O) groups is 1. The van der Waals surface area contributed by atoms with Gasteiger partial charge < -0.3 is 0 Å². The zero-order valence-electron chi connectivity index (χ0n) is 17.3. The third kappa shape index (κ3) is 6.09. The van der Waals surface area contributed by atoms with Gasteiger partial charge in [0.15, 0.2) is 0 Å². The van der Waals surface area contributed by atoms with Crippen LogP contribution in [0.5, 0.6) is 0 Å². The van der Waals surface area contributed by atoms with Crippen molar-refractivity contribution in [1.82, 2.24) is 15.0 Å². The van der Waals surface area contributed by atoms with Crippen LogP contribution in [-0.2, 0) is 30.2 Å². The minimum absolute atomic E-state index is 0.125. The maximum absolute atomic E-state index is 12.6. The molecule has 0 saturated carbocycles. The van der Waals surface area contributed by atoms with Crippen molar-refractivity contribution in [2.24, 2.45) is 0 Å². The highest BCUT2D eigenvalue weighted by molar-refractivity contribution is 5.79. The maximum Gasteiger partial charge on any atom is 0.451 e. The zero-order chi connectivity index (χ0) is 21.6. The molecule has 2 aromatic heterocycles. The third-order valence-electron chi connectivity index (χ3n) is 5.74. The molecule has 1 aliphatic rings. The average Bonchev–Trinajstić information content (AvgIpc) is 2.74. The predicted octanol–water partition coefficient (Wildman–Crippen LogP) is 5.64. The SMILES string of the molecule is CCC(CC(=O)CCCCc1ccc2c(n1)CCCC2)c1cnc(C(F)(F)F)nc1. The second-order valence-electron chi connectivity index (χ2n) is 8.01. The van der Waals surface area contributed by atoms with Crippen LogP contribution in [0.2, 0.25) is 0 Å². The highest BCUT2D eigenvalue weighted by atomic mass is 19.4. The normalized spacial score (nSPS) is 14.9. The lowest BCUT2D eigenvalue weighted by Crippen LogP contribution is -2.13. The molecule has 4 nitrogen and oxygen atoms in total. The predicted molar refractivity (Wildman–Crippen MR) is 108 cm³/mol. The van der Waals surface area contributed by atoms with Gasteiger partial charge in [-0.2, -0.15) is 13.2 Å². The molecule has 0 fully saturated rings. The number of Topliss-reactive ketones (excluding diaryl/α,β-unsaturated/α-hetero) is 1. The number of unbranched alkanes of at least 4 members (excludes halogenated alkanes) is 1. The van der Waals surface area contributed by atoms with Gasteiger partial charge in [-0.1, -0.05) is 13.0 Å². The molecule has 162 valence electrons. The molecule has 7 heteroatoms. The molecule has 0 N–H and O–H groups in total. The molecule has 0 radical (unpaired) electrons. The van der Waals surface area contributed by atoms with E-state index in [-0.39, 0.29) is 11.7 Å². The molecule has 0 bridgehead atoms. The molecular formula is C23H28F3N3O. The van der Waals surface area contributed by atoms with Crippen LogP contribution in [0.4, 0.5) is 13.2 Å². The molecule has 1 unspecified atom stereocenters. The van der Waals surface area contributed by atoms with Crippen molar-refractivity contribution in [3.63, 3.8) is 0 Å². The summed E-state index contributed by atoms with van der Waals surface area (Å²) in [6.45, 7) is 1.91. The first-order valence-electron chi connectivity index (χ1n) is 10.7. The van der Waals surface area contributed by atoms with Crippen molar-refractivity contribution >= 4 is 5.78 Å². The number of ketones is 1. The van der Waals surface area contributed by atoms with Gasteiger partial charge >= 0.3 is 6.18 Å². The monoisotopic (exact) mass is 419 g/mol. The van der Waals surface area contributed by atoms with Crippen molar-refractivity contribution in [3.05, 3.63) is 52.9 Å². The van der Waals surface area contributed by atoms with Gasteiger partial charge in [-0.15, -0.1) is 0 Å². The maximum atomic E-state index is 12.6. The van der Waals surface area contributed by atoms with Crippen molar-refractivity contribution in [3.8, 4) is 0 Å². The summed E-state index contributed by atoms with van der Waals surface area (Å²) in [5, 5.41) is 0. The smallest absolute Gasteiger partial charge is 0.300 e. The van der Waals surface area contributed by atoms with E-state index in [9.17, 15) is 18.0 Å². The number of rotatable bonds is 9. The zero-order valence-corrected chi connectivity index (χ0v) is 17.3. The Kier molecular flexibility index (Phi) is 7.56. The molecule has 1 atom stereocenters. The lowest BCUT2D eigenvalue weighted by Gasteiger charge is -2.15. The largest absolute Gasteiger partial charge is 0.451 e. The Morgan fingerprint density at radius 2 is 1.83 bits per heavy atom. The van der Waals surface area contributed by atoms with Crippen LogP contribution in [0.3, 0.4) is 0 Å². The Labute approximate surface area is 175 Å². The molecule has 2 aromatic rings. The van der Waals surface area contributed by atoms with E-state index >= 15 is 0 Å². The summed E-state index contributed by atoms with van der Waals surface area (Å²) in [5.74, 6) is -1.18. The van der Waals surface area contributed by atoms with Gasteiger partial charge in [0, 0.05) is 36.6 Å². The van der Waals surface area contributed by atoms with Crippen molar-refractivity contribution in [1.29, 1.82) is 0 Å². The number of halogens is 3. The number of aryl methyl sites for hydroxylation is 3. The topological polar surface area (TPSA) is 55.7 Å². The fourth-order valence-corrected chi connectivity index (χ4v) is 3.96. The first-order valence-corrected chi connectivity index (χ1v) is 10.7. The summed E-state index contributed by atoms with van der Waals surface area (Å²) >= 11 is 0. The average molecular weight is 419 g/mol. The van der Waals surface area contributed by atoms with Crippen molar-refractivity contribution in [2.45, 2.75) is 83.2 Å². The molecule has 0 amide bonds. The van der Waals surface area contributed by atoms with Gasteiger partial charge in [0.2, 0.25) is 5.82 Å². The second kappa shape index (κ2) is 10.1. The summed E-state index contributed by atoms with van der Waals surface area (Å²) < 4.78 is 37.8. The Balaban J connectivity index is 1.44. The Hall–Kier alpha value is -2.31.